The predicted octanol–water partition coefficient (Wildman–Crippen LogP) is 1.86. The number of pyridine rings is 1. The van der Waals surface area contributed by atoms with Crippen LogP contribution in [-0.2, 0) is 0 Å². The van der Waals surface area contributed by atoms with Crippen LogP contribution in [0, 0.1) is 0 Å². The lowest BCUT2D eigenvalue weighted by molar-refractivity contribution is 0.0950. The number of fused-ring (bicyclic) bond motifs is 1. The number of hydrogen-bond acceptors (Lipinski definition) is 3. The standard InChI is InChI=1S/C17H16N4O3/c1-2-18-16(23)14-9-15(22)11-6-5-10(8-13(11)21-14)20-17(24)12-4-3-7-19-12/h3-9,19H,2H2,1H3,(H,18,23)(H,20,24)(H,21,22). The first-order valence-corrected chi connectivity index (χ1v) is 7.48. The molecule has 0 aliphatic heterocycles. The minimum absolute atomic E-state index is 0.183. The first-order chi connectivity index (χ1) is 11.6. The molecule has 0 spiro atoms. The van der Waals surface area contributed by atoms with E-state index in [1.807, 2.05) is 0 Å². The fraction of sp³-hybridized carbons (Fsp3) is 0.118. The normalized spacial score (nSPS) is 10.5. The SMILES string of the molecule is CCNC(=O)c1cc(=O)c2ccc(NC(=O)c3ccc[nH]3)cc2[nH]1. The Morgan fingerprint density at radius 3 is 2.62 bits per heavy atom. The van der Waals surface area contributed by atoms with Gasteiger partial charge >= 0.3 is 0 Å². The molecule has 24 heavy (non-hydrogen) atoms. The number of hydrogen-bond donors (Lipinski definition) is 4. The van der Waals surface area contributed by atoms with E-state index in [2.05, 4.69) is 20.6 Å². The molecule has 0 saturated heterocycles. The summed E-state index contributed by atoms with van der Waals surface area (Å²) in [7, 11) is 0. The highest BCUT2D eigenvalue weighted by atomic mass is 16.2. The van der Waals surface area contributed by atoms with Crippen molar-refractivity contribution in [3.8, 4) is 0 Å². The second kappa shape index (κ2) is 6.41. The number of H-pyrrole nitrogens is 2. The Bertz CT molecular complexity index is 958. The number of amides is 2. The van der Waals surface area contributed by atoms with Crippen molar-refractivity contribution in [1.29, 1.82) is 0 Å². The monoisotopic (exact) mass is 324 g/mol. The molecule has 3 aromatic rings. The molecule has 0 aliphatic rings. The smallest absolute Gasteiger partial charge is 0.272 e. The van der Waals surface area contributed by atoms with E-state index in [1.54, 1.807) is 43.5 Å². The Labute approximate surface area is 137 Å². The van der Waals surface area contributed by atoms with E-state index in [1.165, 1.54) is 6.07 Å². The van der Waals surface area contributed by atoms with E-state index in [-0.39, 0.29) is 22.9 Å². The summed E-state index contributed by atoms with van der Waals surface area (Å²) >= 11 is 0. The number of aromatic nitrogens is 2. The van der Waals surface area contributed by atoms with Gasteiger partial charge in [-0.25, -0.2) is 0 Å². The molecule has 0 aliphatic carbocycles. The van der Waals surface area contributed by atoms with Crippen LogP contribution in [0.5, 0.6) is 0 Å². The molecule has 3 rings (SSSR count). The number of nitrogens with one attached hydrogen (secondary N) is 4. The number of carbonyl (C=O) groups is 2. The number of carbonyl (C=O) groups excluding carboxylic acids is 2. The van der Waals surface area contributed by atoms with Gasteiger partial charge in [0, 0.05) is 29.9 Å². The zero-order valence-electron chi connectivity index (χ0n) is 13.0. The van der Waals surface area contributed by atoms with Gasteiger partial charge < -0.3 is 20.6 Å². The third-order valence-electron chi connectivity index (χ3n) is 3.51. The third-order valence-corrected chi connectivity index (χ3v) is 3.51. The van der Waals surface area contributed by atoms with E-state index in [9.17, 15) is 14.4 Å². The van der Waals surface area contributed by atoms with Crippen molar-refractivity contribution < 1.29 is 9.59 Å². The average Bonchev–Trinajstić information content (AvgIpc) is 3.09. The molecule has 122 valence electrons. The summed E-state index contributed by atoms with van der Waals surface area (Å²) in [5.74, 6) is -0.640. The van der Waals surface area contributed by atoms with Crippen LogP contribution < -0.4 is 16.1 Å². The van der Waals surface area contributed by atoms with Crippen LogP contribution in [-0.4, -0.2) is 28.3 Å². The second-order valence-electron chi connectivity index (χ2n) is 5.21. The molecule has 2 heterocycles. The van der Waals surface area contributed by atoms with Gasteiger partial charge in [-0.15, -0.1) is 0 Å². The molecule has 2 amide bonds. The Hall–Kier alpha value is -3.35. The maximum Gasteiger partial charge on any atom is 0.272 e. The van der Waals surface area contributed by atoms with Crippen molar-refractivity contribution in [2.75, 3.05) is 11.9 Å². The quantitative estimate of drug-likeness (QED) is 0.588. The van der Waals surface area contributed by atoms with Crippen molar-refractivity contribution in [1.82, 2.24) is 15.3 Å². The zero-order chi connectivity index (χ0) is 17.1. The van der Waals surface area contributed by atoms with E-state index in [0.717, 1.165) is 0 Å². The first kappa shape index (κ1) is 15.5. The van der Waals surface area contributed by atoms with Crippen molar-refractivity contribution in [3.63, 3.8) is 0 Å². The molecule has 0 saturated carbocycles. The fourth-order valence-corrected chi connectivity index (χ4v) is 2.38. The summed E-state index contributed by atoms with van der Waals surface area (Å²) in [5.41, 5.74) is 1.35. The highest BCUT2D eigenvalue weighted by Gasteiger charge is 2.11. The lowest BCUT2D eigenvalue weighted by Gasteiger charge is -2.07. The number of rotatable bonds is 4. The Morgan fingerprint density at radius 1 is 1.08 bits per heavy atom. The van der Waals surface area contributed by atoms with E-state index < -0.39 is 0 Å². The number of aromatic amines is 2. The maximum atomic E-state index is 12.1. The van der Waals surface area contributed by atoms with Gasteiger partial charge in [-0.1, -0.05) is 0 Å². The molecular weight excluding hydrogens is 308 g/mol. The van der Waals surface area contributed by atoms with Gasteiger partial charge in [0.1, 0.15) is 11.4 Å². The molecule has 0 unspecified atom stereocenters. The molecule has 0 radical (unpaired) electrons. The van der Waals surface area contributed by atoms with Crippen LogP contribution in [0.4, 0.5) is 5.69 Å². The van der Waals surface area contributed by atoms with Crippen LogP contribution in [0.15, 0.2) is 47.4 Å². The maximum absolute atomic E-state index is 12.1. The van der Waals surface area contributed by atoms with E-state index >= 15 is 0 Å². The predicted molar refractivity (Wildman–Crippen MR) is 91.3 cm³/mol. The summed E-state index contributed by atoms with van der Waals surface area (Å²) in [5, 5.41) is 5.82. The van der Waals surface area contributed by atoms with E-state index in [4.69, 9.17) is 0 Å². The van der Waals surface area contributed by atoms with Crippen molar-refractivity contribution in [2.24, 2.45) is 0 Å². The summed E-state index contributed by atoms with van der Waals surface area (Å²) < 4.78 is 0. The lowest BCUT2D eigenvalue weighted by Crippen LogP contribution is -2.25. The fourth-order valence-electron chi connectivity index (χ4n) is 2.38. The van der Waals surface area contributed by atoms with Gasteiger partial charge in [0.05, 0.1) is 5.52 Å². The van der Waals surface area contributed by atoms with Gasteiger partial charge in [-0.3, -0.25) is 14.4 Å². The van der Waals surface area contributed by atoms with Crippen molar-refractivity contribution >= 4 is 28.4 Å². The number of anilines is 1. The van der Waals surface area contributed by atoms with Crippen LogP contribution in [0.25, 0.3) is 10.9 Å². The molecule has 4 N–H and O–H groups in total. The van der Waals surface area contributed by atoms with Crippen LogP contribution in [0.3, 0.4) is 0 Å². The average molecular weight is 324 g/mol. The largest absolute Gasteiger partial charge is 0.357 e. The highest BCUT2D eigenvalue weighted by molar-refractivity contribution is 6.04. The topological polar surface area (TPSA) is 107 Å². The third kappa shape index (κ3) is 3.05. The molecule has 2 aromatic heterocycles. The van der Waals surface area contributed by atoms with E-state index in [0.29, 0.717) is 28.8 Å². The Balaban J connectivity index is 1.95. The summed E-state index contributed by atoms with van der Waals surface area (Å²) in [6.07, 6.45) is 1.66. The highest BCUT2D eigenvalue weighted by Crippen LogP contribution is 2.16. The summed E-state index contributed by atoms with van der Waals surface area (Å²) in [4.78, 5) is 41.8. The molecule has 0 bridgehead atoms. The Kier molecular flexibility index (Phi) is 4.15. The second-order valence-corrected chi connectivity index (χ2v) is 5.21. The molecular formula is C17H16N4O3. The van der Waals surface area contributed by atoms with Gasteiger partial charge in [0.2, 0.25) is 0 Å². The first-order valence-electron chi connectivity index (χ1n) is 7.48. The minimum Gasteiger partial charge on any atom is -0.357 e. The summed E-state index contributed by atoms with van der Waals surface area (Å²) in [6.45, 7) is 2.26. The lowest BCUT2D eigenvalue weighted by atomic mass is 10.1. The molecule has 7 nitrogen and oxygen atoms in total. The Morgan fingerprint density at radius 2 is 1.92 bits per heavy atom. The van der Waals surface area contributed by atoms with Crippen molar-refractivity contribution in [2.45, 2.75) is 6.92 Å². The zero-order valence-corrected chi connectivity index (χ0v) is 13.0. The molecule has 7 heteroatoms. The molecule has 0 fully saturated rings. The van der Waals surface area contributed by atoms with Crippen LogP contribution >= 0.6 is 0 Å². The minimum atomic E-state index is -0.350. The van der Waals surface area contributed by atoms with Crippen LogP contribution in [0.1, 0.15) is 27.9 Å². The molecule has 1 aromatic carbocycles. The van der Waals surface area contributed by atoms with Gasteiger partial charge in [-0.2, -0.15) is 0 Å². The number of benzene rings is 1. The molecule has 0 atom stereocenters. The van der Waals surface area contributed by atoms with Gasteiger partial charge in [0.15, 0.2) is 5.43 Å². The van der Waals surface area contributed by atoms with Gasteiger partial charge in [0.25, 0.3) is 11.8 Å². The van der Waals surface area contributed by atoms with Gasteiger partial charge in [-0.05, 0) is 37.3 Å². The van der Waals surface area contributed by atoms with Crippen LogP contribution in [0.2, 0.25) is 0 Å². The summed E-state index contributed by atoms with van der Waals surface area (Å²) in [6, 6.07) is 9.53. The van der Waals surface area contributed by atoms with Crippen molar-refractivity contribution in [3.05, 3.63) is 64.2 Å².